The molecule has 2 unspecified atom stereocenters. The first-order valence-electron chi connectivity index (χ1n) is 5.73. The summed E-state index contributed by atoms with van der Waals surface area (Å²) in [5, 5.41) is 2.56. The summed E-state index contributed by atoms with van der Waals surface area (Å²) < 4.78 is 38.5. The van der Waals surface area contributed by atoms with Gasteiger partial charge >= 0.3 is 6.18 Å². The fraction of sp³-hybridized carbons (Fsp3) is 0.909. The molecule has 1 heterocycles. The number of halogens is 3. The van der Waals surface area contributed by atoms with Crippen molar-refractivity contribution >= 4 is 5.91 Å². The minimum absolute atomic E-state index is 0.0375. The minimum atomic E-state index is -4.23. The third kappa shape index (κ3) is 1.82. The van der Waals surface area contributed by atoms with Crippen molar-refractivity contribution in [1.29, 1.82) is 0 Å². The molecular weight excluding hydrogens is 233 g/mol. The molecule has 6 heteroatoms. The van der Waals surface area contributed by atoms with Crippen LogP contribution >= 0.6 is 0 Å². The summed E-state index contributed by atoms with van der Waals surface area (Å²) in [6, 6.07) is 0. The van der Waals surface area contributed by atoms with Crippen molar-refractivity contribution in [2.45, 2.75) is 25.6 Å². The summed E-state index contributed by atoms with van der Waals surface area (Å²) in [5.74, 6) is 0.109. The van der Waals surface area contributed by atoms with E-state index < -0.39 is 11.7 Å². The smallest absolute Gasteiger partial charge is 0.359 e. The first kappa shape index (κ1) is 12.7. The van der Waals surface area contributed by atoms with E-state index in [9.17, 15) is 18.0 Å². The van der Waals surface area contributed by atoms with Crippen LogP contribution in [0.15, 0.2) is 0 Å². The zero-order valence-corrected chi connectivity index (χ0v) is 10.1. The normalized spacial score (nSPS) is 33.4. The van der Waals surface area contributed by atoms with E-state index in [-0.39, 0.29) is 23.7 Å². The van der Waals surface area contributed by atoms with Crippen molar-refractivity contribution in [2.75, 3.05) is 20.1 Å². The fourth-order valence-electron chi connectivity index (χ4n) is 2.72. The van der Waals surface area contributed by atoms with Crippen LogP contribution in [0.3, 0.4) is 0 Å². The predicted octanol–water partition coefficient (Wildman–Crippen LogP) is 1.25. The number of amides is 1. The van der Waals surface area contributed by atoms with Gasteiger partial charge in [0.15, 0.2) is 0 Å². The number of likely N-dealkylation sites (tertiary alicyclic amines) is 1. The highest BCUT2D eigenvalue weighted by molar-refractivity contribution is 5.82. The van der Waals surface area contributed by atoms with Gasteiger partial charge in [0.25, 0.3) is 0 Å². The van der Waals surface area contributed by atoms with Crippen molar-refractivity contribution in [1.82, 2.24) is 10.2 Å². The third-order valence-corrected chi connectivity index (χ3v) is 4.23. The van der Waals surface area contributed by atoms with Crippen LogP contribution in [0.25, 0.3) is 0 Å². The van der Waals surface area contributed by atoms with Crippen LogP contribution in [-0.4, -0.2) is 42.7 Å². The van der Waals surface area contributed by atoms with E-state index >= 15 is 0 Å². The molecule has 0 bridgehead atoms. The molecule has 98 valence electrons. The van der Waals surface area contributed by atoms with Gasteiger partial charge in [0.05, 0.1) is 0 Å². The van der Waals surface area contributed by atoms with Gasteiger partial charge in [-0.25, -0.2) is 0 Å². The van der Waals surface area contributed by atoms with Gasteiger partial charge in [0, 0.05) is 26.1 Å². The van der Waals surface area contributed by atoms with E-state index in [2.05, 4.69) is 5.32 Å². The van der Waals surface area contributed by atoms with Gasteiger partial charge in [0.2, 0.25) is 5.91 Å². The molecule has 2 fully saturated rings. The lowest BCUT2D eigenvalue weighted by atomic mass is 10.0. The van der Waals surface area contributed by atoms with Crippen LogP contribution in [0.5, 0.6) is 0 Å². The molecule has 1 aliphatic carbocycles. The molecule has 1 amide bonds. The molecule has 0 aromatic heterocycles. The van der Waals surface area contributed by atoms with Crippen LogP contribution in [0.1, 0.15) is 13.8 Å². The number of alkyl halides is 3. The van der Waals surface area contributed by atoms with Crippen LogP contribution in [0.4, 0.5) is 13.2 Å². The average Bonchev–Trinajstić information content (AvgIpc) is 2.69. The first-order valence-corrected chi connectivity index (χ1v) is 5.73. The molecule has 1 saturated heterocycles. The topological polar surface area (TPSA) is 32.3 Å². The van der Waals surface area contributed by atoms with E-state index in [4.69, 9.17) is 0 Å². The lowest BCUT2D eigenvalue weighted by molar-refractivity contribution is -0.219. The van der Waals surface area contributed by atoms with Gasteiger partial charge < -0.3 is 5.32 Å². The Labute approximate surface area is 98.3 Å². The molecule has 1 N–H and O–H groups in total. The Bertz CT molecular complexity index is 328. The SMILES string of the molecule is CNC(=O)C1C2CN(C(C)(C)C(F)(F)F)CC21. The number of nitrogens with zero attached hydrogens (tertiary/aromatic N) is 1. The van der Waals surface area contributed by atoms with Gasteiger partial charge in [-0.1, -0.05) is 0 Å². The third-order valence-electron chi connectivity index (χ3n) is 4.23. The van der Waals surface area contributed by atoms with Crippen LogP contribution in [0, 0.1) is 17.8 Å². The van der Waals surface area contributed by atoms with E-state index in [0.717, 1.165) is 0 Å². The number of fused-ring (bicyclic) bond motifs is 1. The minimum Gasteiger partial charge on any atom is -0.359 e. The molecule has 2 rings (SSSR count). The van der Waals surface area contributed by atoms with E-state index in [1.807, 2.05) is 0 Å². The van der Waals surface area contributed by atoms with Gasteiger partial charge in [-0.3, -0.25) is 9.69 Å². The summed E-state index contributed by atoms with van der Waals surface area (Å²) in [4.78, 5) is 12.8. The summed E-state index contributed by atoms with van der Waals surface area (Å²) in [5.41, 5.74) is -1.80. The van der Waals surface area contributed by atoms with Crippen LogP contribution in [-0.2, 0) is 4.79 Å². The van der Waals surface area contributed by atoms with Crippen molar-refractivity contribution in [3.8, 4) is 0 Å². The van der Waals surface area contributed by atoms with Gasteiger partial charge in [-0.05, 0) is 25.7 Å². The lowest BCUT2D eigenvalue weighted by Gasteiger charge is -2.38. The molecule has 0 aromatic rings. The summed E-state index contributed by atoms with van der Waals surface area (Å²) >= 11 is 0. The summed E-state index contributed by atoms with van der Waals surface area (Å²) in [6.07, 6.45) is -4.23. The number of carbonyl (C=O) groups excluding carboxylic acids is 1. The van der Waals surface area contributed by atoms with E-state index in [1.165, 1.54) is 18.7 Å². The van der Waals surface area contributed by atoms with Gasteiger partial charge in [0.1, 0.15) is 5.54 Å². The Kier molecular flexibility index (Phi) is 2.69. The molecule has 3 nitrogen and oxygen atoms in total. The van der Waals surface area contributed by atoms with Crippen LogP contribution in [0.2, 0.25) is 0 Å². The second kappa shape index (κ2) is 3.60. The van der Waals surface area contributed by atoms with Gasteiger partial charge in [-0.15, -0.1) is 0 Å². The number of nitrogens with one attached hydrogen (secondary N) is 1. The highest BCUT2D eigenvalue weighted by Gasteiger charge is 2.64. The molecule has 17 heavy (non-hydrogen) atoms. The Morgan fingerprint density at radius 3 is 2.06 bits per heavy atom. The largest absolute Gasteiger partial charge is 0.406 e. The Morgan fingerprint density at radius 2 is 1.71 bits per heavy atom. The second-order valence-electron chi connectivity index (χ2n) is 5.43. The zero-order chi connectivity index (χ0) is 13.0. The van der Waals surface area contributed by atoms with Crippen molar-refractivity contribution in [3.05, 3.63) is 0 Å². The van der Waals surface area contributed by atoms with Crippen molar-refractivity contribution < 1.29 is 18.0 Å². The lowest BCUT2D eigenvalue weighted by Crippen LogP contribution is -2.54. The number of carbonyl (C=O) groups is 1. The first-order chi connectivity index (χ1) is 7.70. The fourth-order valence-corrected chi connectivity index (χ4v) is 2.72. The molecule has 0 radical (unpaired) electrons. The Balaban J connectivity index is 1.98. The highest BCUT2D eigenvalue weighted by atomic mass is 19.4. The molecular formula is C11H17F3N2O. The monoisotopic (exact) mass is 250 g/mol. The maximum absolute atomic E-state index is 12.8. The standard InChI is InChI=1S/C11H17F3N2O/c1-10(2,11(12,13)14)16-4-6-7(5-16)8(6)9(17)15-3/h6-8H,4-5H2,1-3H3,(H,15,17). The van der Waals surface area contributed by atoms with Crippen molar-refractivity contribution in [3.63, 3.8) is 0 Å². The number of hydrogen-bond acceptors (Lipinski definition) is 2. The van der Waals surface area contributed by atoms with E-state index in [1.54, 1.807) is 7.05 Å². The molecule has 2 atom stereocenters. The second-order valence-corrected chi connectivity index (χ2v) is 5.43. The zero-order valence-electron chi connectivity index (χ0n) is 10.1. The number of hydrogen-bond donors (Lipinski definition) is 1. The highest BCUT2D eigenvalue weighted by Crippen LogP contribution is 2.54. The van der Waals surface area contributed by atoms with Crippen molar-refractivity contribution in [2.24, 2.45) is 17.8 Å². The molecule has 0 aromatic carbocycles. The maximum atomic E-state index is 12.8. The molecule has 0 spiro atoms. The van der Waals surface area contributed by atoms with E-state index in [0.29, 0.717) is 13.1 Å². The number of rotatable bonds is 2. The number of piperidine rings is 1. The average molecular weight is 250 g/mol. The molecule has 1 saturated carbocycles. The quantitative estimate of drug-likeness (QED) is 0.800. The summed E-state index contributed by atoms with van der Waals surface area (Å²) in [7, 11) is 1.56. The summed E-state index contributed by atoms with van der Waals surface area (Å²) in [6.45, 7) is 3.14. The Morgan fingerprint density at radius 1 is 1.24 bits per heavy atom. The predicted molar refractivity (Wildman–Crippen MR) is 56.2 cm³/mol. The van der Waals surface area contributed by atoms with Crippen LogP contribution < -0.4 is 5.32 Å². The van der Waals surface area contributed by atoms with Gasteiger partial charge in [-0.2, -0.15) is 13.2 Å². The molecule has 1 aliphatic heterocycles. The Hall–Kier alpha value is -0.780. The molecule has 2 aliphatic rings. The maximum Gasteiger partial charge on any atom is 0.406 e.